The molecule has 146 valence electrons. The molecule has 7 heteroatoms. The summed E-state index contributed by atoms with van der Waals surface area (Å²) >= 11 is 0. The molecule has 0 saturated heterocycles. The SMILES string of the molecule is COc1cc(C(C)C)ccc1C1(CONC(N)=O)C(=O)c2ccccc2C1=O. The minimum absolute atomic E-state index is 0.235. The summed E-state index contributed by atoms with van der Waals surface area (Å²) in [5, 5.41) is 0. The monoisotopic (exact) mass is 382 g/mol. The molecule has 0 unspecified atom stereocenters. The van der Waals surface area contributed by atoms with Gasteiger partial charge in [-0.05, 0) is 17.5 Å². The van der Waals surface area contributed by atoms with Gasteiger partial charge in [-0.15, -0.1) is 0 Å². The summed E-state index contributed by atoms with van der Waals surface area (Å²) < 4.78 is 5.52. The summed E-state index contributed by atoms with van der Waals surface area (Å²) in [6, 6.07) is 11.1. The number of amides is 2. The average Bonchev–Trinajstić information content (AvgIpc) is 2.90. The summed E-state index contributed by atoms with van der Waals surface area (Å²) in [7, 11) is 1.48. The van der Waals surface area contributed by atoms with Crippen molar-refractivity contribution in [1.82, 2.24) is 5.48 Å². The molecule has 0 aliphatic heterocycles. The lowest BCUT2D eigenvalue weighted by Gasteiger charge is -2.28. The van der Waals surface area contributed by atoms with Crippen molar-refractivity contribution in [2.45, 2.75) is 25.2 Å². The van der Waals surface area contributed by atoms with Crippen molar-refractivity contribution in [2.24, 2.45) is 5.73 Å². The van der Waals surface area contributed by atoms with Crippen molar-refractivity contribution < 1.29 is 24.0 Å². The number of hydrogen-bond acceptors (Lipinski definition) is 5. The topological polar surface area (TPSA) is 108 Å². The zero-order valence-corrected chi connectivity index (χ0v) is 15.9. The maximum absolute atomic E-state index is 13.4. The number of nitrogens with two attached hydrogens (primary N) is 1. The van der Waals surface area contributed by atoms with Gasteiger partial charge in [0.25, 0.3) is 0 Å². The molecular weight excluding hydrogens is 360 g/mol. The highest BCUT2D eigenvalue weighted by Crippen LogP contribution is 2.44. The number of methoxy groups -OCH3 is 1. The van der Waals surface area contributed by atoms with E-state index < -0.39 is 29.6 Å². The number of carbonyl (C=O) groups excluding carboxylic acids is 3. The van der Waals surface area contributed by atoms with Crippen LogP contribution in [-0.2, 0) is 10.3 Å². The second-order valence-electron chi connectivity index (χ2n) is 6.98. The van der Waals surface area contributed by atoms with Gasteiger partial charge in [0.05, 0.1) is 13.7 Å². The Kier molecular flexibility index (Phi) is 5.20. The fraction of sp³-hybridized carbons (Fsp3) is 0.286. The number of ether oxygens (including phenoxy) is 1. The predicted molar refractivity (Wildman–Crippen MR) is 103 cm³/mol. The van der Waals surface area contributed by atoms with Gasteiger partial charge in [0.2, 0.25) is 0 Å². The summed E-state index contributed by atoms with van der Waals surface area (Å²) in [6.45, 7) is 3.66. The van der Waals surface area contributed by atoms with Crippen molar-refractivity contribution >= 4 is 17.6 Å². The fourth-order valence-electron chi connectivity index (χ4n) is 3.53. The highest BCUT2D eigenvalue weighted by atomic mass is 16.7. The van der Waals surface area contributed by atoms with Gasteiger partial charge < -0.3 is 10.5 Å². The number of fused-ring (bicyclic) bond motifs is 1. The Morgan fingerprint density at radius 3 is 2.21 bits per heavy atom. The van der Waals surface area contributed by atoms with Crippen molar-refractivity contribution in [3.8, 4) is 5.75 Å². The van der Waals surface area contributed by atoms with Crippen LogP contribution >= 0.6 is 0 Å². The van der Waals surface area contributed by atoms with Crippen LogP contribution in [0.5, 0.6) is 5.75 Å². The first-order chi connectivity index (χ1) is 13.3. The first-order valence-corrected chi connectivity index (χ1v) is 8.87. The normalized spacial score (nSPS) is 14.9. The number of ketones is 2. The molecule has 0 bridgehead atoms. The Labute approximate surface area is 162 Å². The smallest absolute Gasteiger partial charge is 0.336 e. The molecule has 1 aliphatic carbocycles. The Morgan fingerprint density at radius 2 is 1.71 bits per heavy atom. The minimum atomic E-state index is -1.67. The third-order valence-corrected chi connectivity index (χ3v) is 5.01. The van der Waals surface area contributed by atoms with Crippen molar-refractivity contribution in [3.05, 3.63) is 64.7 Å². The van der Waals surface area contributed by atoms with Crippen LogP contribution in [0.2, 0.25) is 0 Å². The van der Waals surface area contributed by atoms with Crippen LogP contribution in [0, 0.1) is 0 Å². The molecule has 0 atom stereocenters. The van der Waals surface area contributed by atoms with Crippen LogP contribution in [0.4, 0.5) is 4.79 Å². The van der Waals surface area contributed by atoms with E-state index in [1.54, 1.807) is 30.3 Å². The number of hydrogen-bond donors (Lipinski definition) is 2. The van der Waals surface area contributed by atoms with E-state index in [9.17, 15) is 14.4 Å². The lowest BCUT2D eigenvalue weighted by molar-refractivity contribution is 0.0272. The number of primary amides is 1. The number of benzene rings is 2. The van der Waals surface area contributed by atoms with Gasteiger partial charge in [-0.3, -0.25) is 14.4 Å². The molecule has 0 heterocycles. The maximum atomic E-state index is 13.4. The van der Waals surface area contributed by atoms with Crippen LogP contribution in [0.1, 0.15) is 51.6 Å². The molecule has 0 spiro atoms. The molecule has 3 N–H and O–H groups in total. The van der Waals surface area contributed by atoms with Gasteiger partial charge in [-0.1, -0.05) is 50.2 Å². The van der Waals surface area contributed by atoms with Gasteiger partial charge in [0.1, 0.15) is 5.75 Å². The van der Waals surface area contributed by atoms with Crippen LogP contribution in [0.15, 0.2) is 42.5 Å². The lowest BCUT2D eigenvalue weighted by Crippen LogP contribution is -2.46. The molecule has 2 aromatic rings. The number of rotatable bonds is 6. The quantitative estimate of drug-likeness (QED) is 0.590. The molecule has 0 fully saturated rings. The highest BCUT2D eigenvalue weighted by Gasteiger charge is 2.56. The molecule has 0 saturated carbocycles. The Balaban J connectivity index is 2.18. The largest absolute Gasteiger partial charge is 0.496 e. The third-order valence-electron chi connectivity index (χ3n) is 5.01. The van der Waals surface area contributed by atoms with E-state index in [4.69, 9.17) is 15.3 Å². The van der Waals surface area contributed by atoms with Gasteiger partial charge in [0.15, 0.2) is 17.0 Å². The van der Waals surface area contributed by atoms with E-state index in [1.165, 1.54) is 7.11 Å². The molecule has 2 amide bonds. The number of Topliss-reactive ketones (excluding diaryl/α,β-unsaturated/α-hetero) is 2. The first-order valence-electron chi connectivity index (χ1n) is 8.87. The molecule has 7 nitrogen and oxygen atoms in total. The van der Waals surface area contributed by atoms with Crippen LogP contribution in [-0.4, -0.2) is 31.3 Å². The van der Waals surface area contributed by atoms with E-state index in [2.05, 4.69) is 0 Å². The average molecular weight is 382 g/mol. The molecule has 28 heavy (non-hydrogen) atoms. The van der Waals surface area contributed by atoms with E-state index in [0.717, 1.165) is 5.56 Å². The second-order valence-corrected chi connectivity index (χ2v) is 6.98. The van der Waals surface area contributed by atoms with Gasteiger partial charge in [-0.2, -0.15) is 0 Å². The maximum Gasteiger partial charge on any atom is 0.336 e. The Hall–Kier alpha value is -3.19. The third kappa shape index (κ3) is 3.03. The van der Waals surface area contributed by atoms with Gasteiger partial charge >= 0.3 is 6.03 Å². The Morgan fingerprint density at radius 1 is 1.11 bits per heavy atom. The van der Waals surface area contributed by atoms with Crippen molar-refractivity contribution in [1.29, 1.82) is 0 Å². The first kappa shape index (κ1) is 19.6. The van der Waals surface area contributed by atoms with E-state index in [0.29, 0.717) is 22.4 Å². The van der Waals surface area contributed by atoms with E-state index in [1.807, 2.05) is 31.5 Å². The second kappa shape index (κ2) is 7.44. The predicted octanol–water partition coefficient (Wildman–Crippen LogP) is 2.74. The molecular formula is C21H22N2O5. The van der Waals surface area contributed by atoms with Gasteiger partial charge in [0, 0.05) is 16.7 Å². The zero-order chi connectivity index (χ0) is 20.5. The fourth-order valence-corrected chi connectivity index (χ4v) is 3.53. The lowest BCUT2D eigenvalue weighted by atomic mass is 9.75. The van der Waals surface area contributed by atoms with E-state index >= 15 is 0 Å². The standard InChI is InChI=1S/C21H22N2O5/c1-12(2)13-8-9-16(17(10-13)27-3)21(11-28-23-20(22)26)18(24)14-6-4-5-7-15(14)19(21)25/h4-10,12H,11H2,1-3H3,(H3,22,23,26). The van der Waals surface area contributed by atoms with Crippen molar-refractivity contribution in [3.63, 3.8) is 0 Å². The molecule has 2 aromatic carbocycles. The number of hydroxylamine groups is 1. The van der Waals surface area contributed by atoms with Gasteiger partial charge in [-0.25, -0.2) is 10.3 Å². The summed E-state index contributed by atoms with van der Waals surface area (Å²) in [5.41, 5.74) is 7.38. The van der Waals surface area contributed by atoms with E-state index in [-0.39, 0.29) is 5.92 Å². The molecule has 0 aromatic heterocycles. The summed E-state index contributed by atoms with van der Waals surface area (Å²) in [4.78, 5) is 43.0. The summed E-state index contributed by atoms with van der Waals surface area (Å²) in [6.07, 6.45) is 0. The summed E-state index contributed by atoms with van der Waals surface area (Å²) in [5.74, 6) is -0.174. The molecule has 0 radical (unpaired) electrons. The minimum Gasteiger partial charge on any atom is -0.496 e. The van der Waals surface area contributed by atoms with Crippen molar-refractivity contribution in [2.75, 3.05) is 13.7 Å². The zero-order valence-electron chi connectivity index (χ0n) is 15.9. The number of urea groups is 1. The number of carbonyl (C=O) groups is 3. The highest BCUT2D eigenvalue weighted by molar-refractivity contribution is 6.33. The van der Waals surface area contributed by atoms with Crippen LogP contribution in [0.25, 0.3) is 0 Å². The van der Waals surface area contributed by atoms with Crippen LogP contribution < -0.4 is 16.0 Å². The van der Waals surface area contributed by atoms with Crippen LogP contribution in [0.3, 0.4) is 0 Å². The molecule has 1 aliphatic rings. The Bertz CT molecular complexity index is 917. The molecule has 3 rings (SSSR count). The number of nitrogens with one attached hydrogen (secondary N) is 1.